The summed E-state index contributed by atoms with van der Waals surface area (Å²) in [6.45, 7) is 1.68. The average molecular weight is 208 g/mol. The van der Waals surface area contributed by atoms with Crippen molar-refractivity contribution in [1.29, 1.82) is 0 Å². The van der Waals surface area contributed by atoms with Gasteiger partial charge in [-0.2, -0.15) is 0 Å². The first-order valence-electron chi connectivity index (χ1n) is 6.01. The summed E-state index contributed by atoms with van der Waals surface area (Å²) in [6.07, 6.45) is 9.91. The molecule has 0 saturated heterocycles. The fourth-order valence-corrected chi connectivity index (χ4v) is 1.94. The summed E-state index contributed by atoms with van der Waals surface area (Å²) in [6, 6.07) is 0.736. The van der Waals surface area contributed by atoms with Gasteiger partial charge in [-0.3, -0.25) is 4.79 Å². The highest BCUT2D eigenvalue weighted by Gasteiger charge is 2.19. The highest BCUT2D eigenvalue weighted by Crippen LogP contribution is 2.20. The fraction of sp³-hybridized carbons (Fsp3) is 0.750. The normalized spacial score (nSPS) is 24.4. The molecule has 0 heterocycles. The van der Waals surface area contributed by atoms with E-state index in [0.717, 1.165) is 32.0 Å². The minimum absolute atomic E-state index is 0.198. The molecule has 2 aliphatic rings. The van der Waals surface area contributed by atoms with Crippen LogP contribution in [-0.4, -0.2) is 25.0 Å². The SMILES string of the molecule is O=C(CC1C=CCC1)NCCNC1CC1. The van der Waals surface area contributed by atoms with Crippen molar-refractivity contribution in [2.24, 2.45) is 5.92 Å². The summed E-state index contributed by atoms with van der Waals surface area (Å²) in [4.78, 5) is 11.5. The Morgan fingerprint density at radius 1 is 1.27 bits per heavy atom. The average Bonchev–Trinajstić information content (AvgIpc) is 2.91. The molecule has 1 amide bonds. The van der Waals surface area contributed by atoms with Crippen LogP contribution in [0.3, 0.4) is 0 Å². The Hall–Kier alpha value is -0.830. The predicted octanol–water partition coefficient (Wildman–Crippen LogP) is 1.21. The van der Waals surface area contributed by atoms with Gasteiger partial charge in [0.2, 0.25) is 5.91 Å². The maximum Gasteiger partial charge on any atom is 0.220 e. The van der Waals surface area contributed by atoms with Gasteiger partial charge in [-0.1, -0.05) is 12.2 Å². The number of hydrogen-bond donors (Lipinski definition) is 2. The van der Waals surface area contributed by atoms with Crippen LogP contribution in [0.25, 0.3) is 0 Å². The van der Waals surface area contributed by atoms with Gasteiger partial charge in [0, 0.05) is 25.6 Å². The second kappa shape index (κ2) is 5.31. The van der Waals surface area contributed by atoms with Crippen LogP contribution in [0.2, 0.25) is 0 Å². The minimum atomic E-state index is 0.198. The largest absolute Gasteiger partial charge is 0.355 e. The molecule has 2 N–H and O–H groups in total. The molecule has 1 atom stereocenters. The number of rotatable bonds is 6. The van der Waals surface area contributed by atoms with Crippen molar-refractivity contribution in [3.05, 3.63) is 12.2 Å². The molecule has 0 aliphatic heterocycles. The molecular formula is C12H20N2O. The van der Waals surface area contributed by atoms with Crippen LogP contribution >= 0.6 is 0 Å². The molecule has 2 aliphatic carbocycles. The van der Waals surface area contributed by atoms with Crippen molar-refractivity contribution in [3.63, 3.8) is 0 Å². The Balaban J connectivity index is 1.49. The van der Waals surface area contributed by atoms with E-state index in [0.29, 0.717) is 12.3 Å². The summed E-state index contributed by atoms with van der Waals surface area (Å²) in [5.41, 5.74) is 0. The van der Waals surface area contributed by atoms with Gasteiger partial charge < -0.3 is 10.6 Å². The van der Waals surface area contributed by atoms with Crippen molar-refractivity contribution in [2.45, 2.75) is 38.1 Å². The standard InChI is InChI=1S/C12H20N2O/c15-12(9-10-3-1-2-4-10)14-8-7-13-11-5-6-11/h1,3,10-11,13H,2,4-9H2,(H,14,15). The molecule has 1 fully saturated rings. The van der Waals surface area contributed by atoms with Gasteiger partial charge in [0.15, 0.2) is 0 Å². The Labute approximate surface area is 91.3 Å². The van der Waals surface area contributed by atoms with E-state index in [1.54, 1.807) is 0 Å². The van der Waals surface area contributed by atoms with Gasteiger partial charge in [-0.05, 0) is 31.6 Å². The molecule has 0 bridgehead atoms. The first-order chi connectivity index (χ1) is 7.34. The van der Waals surface area contributed by atoms with Crippen LogP contribution in [0.1, 0.15) is 32.1 Å². The molecule has 0 aromatic carbocycles. The summed E-state index contributed by atoms with van der Waals surface area (Å²) in [5.74, 6) is 0.686. The molecule has 84 valence electrons. The Bertz CT molecular complexity index is 246. The topological polar surface area (TPSA) is 41.1 Å². The Morgan fingerprint density at radius 2 is 2.13 bits per heavy atom. The fourth-order valence-electron chi connectivity index (χ4n) is 1.94. The monoisotopic (exact) mass is 208 g/mol. The number of carbonyl (C=O) groups is 1. The third-order valence-corrected chi connectivity index (χ3v) is 3.02. The predicted molar refractivity (Wildman–Crippen MR) is 60.5 cm³/mol. The summed E-state index contributed by atoms with van der Waals surface area (Å²) in [5, 5.41) is 6.33. The van der Waals surface area contributed by atoms with E-state index < -0.39 is 0 Å². The molecule has 15 heavy (non-hydrogen) atoms. The number of allylic oxidation sites excluding steroid dienone is 2. The van der Waals surface area contributed by atoms with Crippen LogP contribution in [-0.2, 0) is 4.79 Å². The van der Waals surface area contributed by atoms with Gasteiger partial charge >= 0.3 is 0 Å². The minimum Gasteiger partial charge on any atom is -0.355 e. The van der Waals surface area contributed by atoms with Crippen molar-refractivity contribution in [2.75, 3.05) is 13.1 Å². The highest BCUT2D eigenvalue weighted by molar-refractivity contribution is 5.76. The van der Waals surface area contributed by atoms with E-state index >= 15 is 0 Å². The summed E-state index contributed by atoms with van der Waals surface area (Å²) in [7, 11) is 0. The van der Waals surface area contributed by atoms with Crippen LogP contribution in [0.5, 0.6) is 0 Å². The number of hydrogen-bond acceptors (Lipinski definition) is 2. The molecule has 2 rings (SSSR count). The first kappa shape index (κ1) is 10.7. The zero-order valence-electron chi connectivity index (χ0n) is 9.17. The first-order valence-corrected chi connectivity index (χ1v) is 6.01. The number of amides is 1. The molecule has 0 aromatic rings. The van der Waals surface area contributed by atoms with Crippen LogP contribution in [0, 0.1) is 5.92 Å². The van der Waals surface area contributed by atoms with Gasteiger partial charge in [-0.15, -0.1) is 0 Å². The van der Waals surface area contributed by atoms with Gasteiger partial charge in [0.1, 0.15) is 0 Å². The molecule has 1 unspecified atom stereocenters. The zero-order valence-corrected chi connectivity index (χ0v) is 9.17. The maximum absolute atomic E-state index is 11.5. The van der Waals surface area contributed by atoms with Gasteiger partial charge in [-0.25, -0.2) is 0 Å². The van der Waals surface area contributed by atoms with E-state index in [4.69, 9.17) is 0 Å². The van der Waals surface area contributed by atoms with E-state index in [9.17, 15) is 4.79 Å². The van der Waals surface area contributed by atoms with Crippen molar-refractivity contribution < 1.29 is 4.79 Å². The van der Waals surface area contributed by atoms with Gasteiger partial charge in [0.25, 0.3) is 0 Å². The lowest BCUT2D eigenvalue weighted by molar-refractivity contribution is -0.121. The molecule has 0 spiro atoms. The number of nitrogens with one attached hydrogen (secondary N) is 2. The van der Waals surface area contributed by atoms with E-state index in [-0.39, 0.29) is 5.91 Å². The second-order valence-corrected chi connectivity index (χ2v) is 4.55. The highest BCUT2D eigenvalue weighted by atomic mass is 16.1. The molecule has 1 saturated carbocycles. The van der Waals surface area contributed by atoms with E-state index in [1.807, 2.05) is 0 Å². The molecular weight excluding hydrogens is 188 g/mol. The lowest BCUT2D eigenvalue weighted by Gasteiger charge is -2.08. The Kier molecular flexibility index (Phi) is 3.78. The molecule has 3 heteroatoms. The van der Waals surface area contributed by atoms with E-state index in [2.05, 4.69) is 22.8 Å². The third kappa shape index (κ3) is 4.04. The maximum atomic E-state index is 11.5. The quantitative estimate of drug-likeness (QED) is 0.509. The summed E-state index contributed by atoms with van der Waals surface area (Å²) >= 11 is 0. The molecule has 0 radical (unpaired) electrons. The van der Waals surface area contributed by atoms with Gasteiger partial charge in [0.05, 0.1) is 0 Å². The van der Waals surface area contributed by atoms with Crippen molar-refractivity contribution in [1.82, 2.24) is 10.6 Å². The van der Waals surface area contributed by atoms with Crippen LogP contribution < -0.4 is 10.6 Å². The van der Waals surface area contributed by atoms with E-state index in [1.165, 1.54) is 12.8 Å². The molecule has 0 aromatic heterocycles. The van der Waals surface area contributed by atoms with Crippen molar-refractivity contribution >= 4 is 5.91 Å². The summed E-state index contributed by atoms with van der Waals surface area (Å²) < 4.78 is 0. The molecule has 3 nitrogen and oxygen atoms in total. The Morgan fingerprint density at radius 3 is 2.80 bits per heavy atom. The third-order valence-electron chi connectivity index (χ3n) is 3.02. The lowest BCUT2D eigenvalue weighted by Crippen LogP contribution is -2.33. The zero-order chi connectivity index (χ0) is 10.5. The smallest absolute Gasteiger partial charge is 0.220 e. The van der Waals surface area contributed by atoms with Crippen LogP contribution in [0.15, 0.2) is 12.2 Å². The lowest BCUT2D eigenvalue weighted by atomic mass is 10.1. The number of carbonyl (C=O) groups excluding carboxylic acids is 1. The second-order valence-electron chi connectivity index (χ2n) is 4.55. The van der Waals surface area contributed by atoms with Crippen molar-refractivity contribution in [3.8, 4) is 0 Å². The van der Waals surface area contributed by atoms with Crippen LogP contribution in [0.4, 0.5) is 0 Å².